The van der Waals surface area contributed by atoms with Crippen LogP contribution in [0.4, 0.5) is 0 Å². The van der Waals surface area contributed by atoms with Crippen molar-refractivity contribution in [3.8, 4) is 0 Å². The Morgan fingerprint density at radius 3 is 2.53 bits per heavy atom. The van der Waals surface area contributed by atoms with Gasteiger partial charge in [0.25, 0.3) is 0 Å². The fraction of sp³-hybridized carbons (Fsp3) is 0.462. The molecule has 1 aromatic carbocycles. The summed E-state index contributed by atoms with van der Waals surface area (Å²) in [5.41, 5.74) is 1.22. The van der Waals surface area contributed by atoms with Gasteiger partial charge in [0, 0.05) is 23.9 Å². The van der Waals surface area contributed by atoms with Gasteiger partial charge in [-0.2, -0.15) is 0 Å². The van der Waals surface area contributed by atoms with Crippen molar-refractivity contribution in [2.75, 3.05) is 18.8 Å². The first-order valence-corrected chi connectivity index (χ1v) is 7.39. The highest BCUT2D eigenvalue weighted by molar-refractivity contribution is 7.99. The summed E-state index contributed by atoms with van der Waals surface area (Å²) >= 11 is 7.49. The van der Waals surface area contributed by atoms with E-state index in [1.165, 1.54) is 5.56 Å². The highest BCUT2D eigenvalue weighted by Gasteiger charge is 2.17. The Balaban J connectivity index is 1.72. The van der Waals surface area contributed by atoms with E-state index in [9.17, 15) is 4.79 Å². The summed E-state index contributed by atoms with van der Waals surface area (Å²) < 4.78 is 0. The molecule has 0 spiro atoms. The molecule has 1 fully saturated rings. The molecular formula is C13H16ClNOS. The van der Waals surface area contributed by atoms with E-state index < -0.39 is 0 Å². The molecule has 1 aliphatic heterocycles. The van der Waals surface area contributed by atoms with E-state index >= 15 is 0 Å². The maximum absolute atomic E-state index is 11.8. The number of carbonyl (C=O) groups excluding carboxylic acids is 1. The molecule has 0 N–H and O–H groups in total. The van der Waals surface area contributed by atoms with Crippen LogP contribution in [0.3, 0.4) is 0 Å². The smallest absolute Gasteiger partial charge is 0.232 e. The minimum Gasteiger partial charge on any atom is -0.342 e. The zero-order valence-electron chi connectivity index (χ0n) is 9.69. The first kappa shape index (κ1) is 12.8. The SMILES string of the molecule is O=C(CSCc1ccc(Cl)cc1)N1CCCC1. The normalized spacial score (nSPS) is 15.2. The standard InChI is InChI=1S/C13H16ClNOS/c14-12-5-3-11(4-6-12)9-17-10-13(16)15-7-1-2-8-15/h3-6H,1-2,7-10H2. The minimum atomic E-state index is 0.279. The molecule has 0 saturated carbocycles. The Labute approximate surface area is 111 Å². The lowest BCUT2D eigenvalue weighted by molar-refractivity contribution is -0.127. The maximum atomic E-state index is 11.8. The summed E-state index contributed by atoms with van der Waals surface area (Å²) in [4.78, 5) is 13.7. The van der Waals surface area contributed by atoms with Crippen molar-refractivity contribution in [3.63, 3.8) is 0 Å². The summed E-state index contributed by atoms with van der Waals surface area (Å²) in [5, 5.41) is 0.756. The number of likely N-dealkylation sites (tertiary alicyclic amines) is 1. The Morgan fingerprint density at radius 2 is 1.88 bits per heavy atom. The molecule has 0 unspecified atom stereocenters. The van der Waals surface area contributed by atoms with E-state index in [4.69, 9.17) is 11.6 Å². The fourth-order valence-electron chi connectivity index (χ4n) is 1.89. The van der Waals surface area contributed by atoms with Crippen molar-refractivity contribution in [2.24, 2.45) is 0 Å². The second-order valence-electron chi connectivity index (χ2n) is 4.21. The van der Waals surface area contributed by atoms with Gasteiger partial charge in [0.15, 0.2) is 0 Å². The van der Waals surface area contributed by atoms with Crippen LogP contribution in [0.25, 0.3) is 0 Å². The van der Waals surface area contributed by atoms with Crippen LogP contribution >= 0.6 is 23.4 Å². The summed E-state index contributed by atoms with van der Waals surface area (Å²) in [6.45, 7) is 1.89. The lowest BCUT2D eigenvalue weighted by atomic mass is 10.2. The van der Waals surface area contributed by atoms with Crippen LogP contribution in [0.5, 0.6) is 0 Å². The first-order valence-electron chi connectivity index (χ1n) is 5.85. The molecular weight excluding hydrogens is 254 g/mol. The summed E-state index contributed by atoms with van der Waals surface area (Å²) in [7, 11) is 0. The van der Waals surface area contributed by atoms with Crippen molar-refractivity contribution >= 4 is 29.3 Å². The van der Waals surface area contributed by atoms with Gasteiger partial charge in [0.1, 0.15) is 0 Å². The molecule has 2 rings (SSSR count). The number of thioether (sulfide) groups is 1. The average molecular weight is 270 g/mol. The number of benzene rings is 1. The van der Waals surface area contributed by atoms with Gasteiger partial charge in [0.2, 0.25) is 5.91 Å². The monoisotopic (exact) mass is 269 g/mol. The van der Waals surface area contributed by atoms with Crippen LogP contribution in [0.15, 0.2) is 24.3 Å². The van der Waals surface area contributed by atoms with Gasteiger partial charge >= 0.3 is 0 Å². The Bertz CT molecular complexity index is 374. The van der Waals surface area contributed by atoms with Crippen LogP contribution in [0, 0.1) is 0 Å². The highest BCUT2D eigenvalue weighted by Crippen LogP contribution is 2.17. The van der Waals surface area contributed by atoms with Crippen molar-refractivity contribution in [1.29, 1.82) is 0 Å². The van der Waals surface area contributed by atoms with Crippen molar-refractivity contribution in [3.05, 3.63) is 34.9 Å². The Morgan fingerprint density at radius 1 is 1.24 bits per heavy atom. The third-order valence-corrected chi connectivity index (χ3v) is 4.11. The molecule has 4 heteroatoms. The molecule has 1 amide bonds. The average Bonchev–Trinajstić information content (AvgIpc) is 2.85. The van der Waals surface area contributed by atoms with E-state index in [0.29, 0.717) is 5.75 Å². The van der Waals surface area contributed by atoms with Gasteiger partial charge in [-0.15, -0.1) is 11.8 Å². The summed E-state index contributed by atoms with van der Waals surface area (Å²) in [6.07, 6.45) is 2.32. The summed E-state index contributed by atoms with van der Waals surface area (Å²) in [6, 6.07) is 7.80. The predicted molar refractivity (Wildman–Crippen MR) is 73.4 cm³/mol. The second-order valence-corrected chi connectivity index (χ2v) is 5.63. The van der Waals surface area contributed by atoms with Crippen LogP contribution in [-0.2, 0) is 10.5 Å². The lowest BCUT2D eigenvalue weighted by Gasteiger charge is -2.14. The van der Waals surface area contributed by atoms with E-state index in [1.807, 2.05) is 29.2 Å². The van der Waals surface area contributed by atoms with E-state index in [1.54, 1.807) is 11.8 Å². The van der Waals surface area contributed by atoms with Gasteiger partial charge in [-0.05, 0) is 30.5 Å². The molecule has 17 heavy (non-hydrogen) atoms. The molecule has 1 saturated heterocycles. The topological polar surface area (TPSA) is 20.3 Å². The van der Waals surface area contributed by atoms with E-state index in [2.05, 4.69) is 0 Å². The van der Waals surface area contributed by atoms with Crippen molar-refractivity contribution < 1.29 is 4.79 Å². The quantitative estimate of drug-likeness (QED) is 0.837. The minimum absolute atomic E-state index is 0.279. The predicted octanol–water partition coefficient (Wildman–Crippen LogP) is 3.20. The zero-order valence-corrected chi connectivity index (χ0v) is 11.3. The van der Waals surface area contributed by atoms with Gasteiger partial charge in [-0.3, -0.25) is 4.79 Å². The third kappa shape index (κ3) is 3.93. The molecule has 2 nitrogen and oxygen atoms in total. The fourth-order valence-corrected chi connectivity index (χ4v) is 2.91. The van der Waals surface area contributed by atoms with Crippen LogP contribution in [0.1, 0.15) is 18.4 Å². The Hall–Kier alpha value is -0.670. The second kappa shape index (κ2) is 6.31. The maximum Gasteiger partial charge on any atom is 0.232 e. The molecule has 1 heterocycles. The van der Waals surface area contributed by atoms with Crippen LogP contribution in [0.2, 0.25) is 5.02 Å². The lowest BCUT2D eigenvalue weighted by Crippen LogP contribution is -2.29. The van der Waals surface area contributed by atoms with Crippen molar-refractivity contribution in [2.45, 2.75) is 18.6 Å². The molecule has 0 aromatic heterocycles. The van der Waals surface area contributed by atoms with Crippen molar-refractivity contribution in [1.82, 2.24) is 4.90 Å². The number of amides is 1. The molecule has 1 aliphatic rings. The molecule has 0 atom stereocenters. The Kier molecular flexibility index (Phi) is 4.75. The van der Waals surface area contributed by atoms with Gasteiger partial charge < -0.3 is 4.90 Å². The van der Waals surface area contributed by atoms with E-state index in [0.717, 1.165) is 36.7 Å². The van der Waals surface area contributed by atoms with E-state index in [-0.39, 0.29) is 5.91 Å². The first-order chi connectivity index (χ1) is 8.25. The number of carbonyl (C=O) groups is 1. The third-order valence-electron chi connectivity index (χ3n) is 2.87. The number of hydrogen-bond acceptors (Lipinski definition) is 2. The number of hydrogen-bond donors (Lipinski definition) is 0. The number of rotatable bonds is 4. The van der Waals surface area contributed by atoms with Gasteiger partial charge in [-0.1, -0.05) is 23.7 Å². The van der Waals surface area contributed by atoms with Crippen LogP contribution < -0.4 is 0 Å². The number of nitrogens with zero attached hydrogens (tertiary/aromatic N) is 1. The van der Waals surface area contributed by atoms with Gasteiger partial charge in [-0.25, -0.2) is 0 Å². The largest absolute Gasteiger partial charge is 0.342 e. The summed E-state index contributed by atoms with van der Waals surface area (Å²) in [5.74, 6) is 1.74. The highest BCUT2D eigenvalue weighted by atomic mass is 35.5. The molecule has 1 aromatic rings. The molecule has 0 bridgehead atoms. The zero-order chi connectivity index (χ0) is 12.1. The van der Waals surface area contributed by atoms with Gasteiger partial charge in [0.05, 0.1) is 5.75 Å². The molecule has 92 valence electrons. The number of halogens is 1. The molecule has 0 aliphatic carbocycles. The van der Waals surface area contributed by atoms with Crippen LogP contribution in [-0.4, -0.2) is 29.6 Å². The molecule has 0 radical (unpaired) electrons.